The van der Waals surface area contributed by atoms with Crippen molar-refractivity contribution in [3.63, 3.8) is 0 Å². The van der Waals surface area contributed by atoms with Gasteiger partial charge in [-0.1, -0.05) is 142 Å². The maximum atomic E-state index is 12.3. The first kappa shape index (κ1) is 36.4. The summed E-state index contributed by atoms with van der Waals surface area (Å²) in [5, 5.41) is 13.1. The Hall–Kier alpha value is -0.650. The minimum Gasteiger partial charge on any atom is -0.390 e. The van der Waals surface area contributed by atoms with Crippen molar-refractivity contribution in [3.05, 3.63) is 0 Å². The van der Waals surface area contributed by atoms with E-state index in [1.807, 2.05) is 0 Å². The van der Waals surface area contributed by atoms with Crippen LogP contribution in [-0.2, 0) is 4.79 Å². The summed E-state index contributed by atoms with van der Waals surface area (Å²) < 4.78 is 0. The van der Waals surface area contributed by atoms with Gasteiger partial charge in [0, 0.05) is 32.6 Å². The third-order valence-corrected chi connectivity index (χ3v) is 7.58. The molecule has 0 spiro atoms. The summed E-state index contributed by atoms with van der Waals surface area (Å²) in [5.41, 5.74) is 5.64. The molecule has 1 amide bonds. The van der Waals surface area contributed by atoms with E-state index in [0.717, 1.165) is 25.9 Å². The van der Waals surface area contributed by atoms with Gasteiger partial charge in [-0.15, -0.1) is 0 Å². The molecular weight excluding hydrogens is 458 g/mol. The maximum absolute atomic E-state index is 12.3. The van der Waals surface area contributed by atoms with Gasteiger partial charge in [-0.05, 0) is 19.4 Å². The number of nitrogens with two attached hydrogens (primary N) is 1. The van der Waals surface area contributed by atoms with Crippen LogP contribution in [0.3, 0.4) is 0 Å². The van der Waals surface area contributed by atoms with Crippen LogP contribution in [0.15, 0.2) is 0 Å². The molecule has 0 rings (SSSR count). The molecule has 0 aromatic carbocycles. The van der Waals surface area contributed by atoms with Gasteiger partial charge in [0.15, 0.2) is 0 Å². The normalized spacial score (nSPS) is 12.4. The Morgan fingerprint density at radius 2 is 1.05 bits per heavy atom. The zero-order valence-corrected chi connectivity index (χ0v) is 25.3. The lowest BCUT2D eigenvalue weighted by Crippen LogP contribution is -2.39. The third kappa shape index (κ3) is 28.2. The first-order valence-corrected chi connectivity index (χ1v) is 16.5. The number of rotatable bonds is 30. The summed E-state index contributed by atoms with van der Waals surface area (Å²) in [5.74, 6) is 0.137. The summed E-state index contributed by atoms with van der Waals surface area (Å²) >= 11 is 0. The second kappa shape index (κ2) is 29.9. The Bertz CT molecular complexity index is 461. The van der Waals surface area contributed by atoms with E-state index in [4.69, 9.17) is 5.73 Å². The van der Waals surface area contributed by atoms with Crippen LogP contribution in [0.25, 0.3) is 0 Å². The molecule has 0 radical (unpaired) electrons. The summed E-state index contributed by atoms with van der Waals surface area (Å²) in [6.07, 6.45) is 29.2. The summed E-state index contributed by atoms with van der Waals surface area (Å²) in [7, 11) is 0. The van der Waals surface area contributed by atoms with E-state index >= 15 is 0 Å². The summed E-state index contributed by atoms with van der Waals surface area (Å²) in [6.45, 7) is 7.83. The van der Waals surface area contributed by atoms with E-state index in [9.17, 15) is 9.90 Å². The van der Waals surface area contributed by atoms with Gasteiger partial charge >= 0.3 is 0 Å². The van der Waals surface area contributed by atoms with Crippen LogP contribution in [0.4, 0.5) is 0 Å². The fourth-order valence-electron chi connectivity index (χ4n) is 5.03. The lowest BCUT2D eigenvalue weighted by molar-refractivity contribution is -0.121. The van der Waals surface area contributed by atoms with Crippen LogP contribution in [-0.4, -0.2) is 54.7 Å². The topological polar surface area (TPSA) is 78.6 Å². The first-order chi connectivity index (χ1) is 18.1. The molecule has 1 atom stereocenters. The molecule has 0 saturated carbocycles. The number of aliphatic hydroxyl groups is 1. The monoisotopic (exact) mass is 526 g/mol. The largest absolute Gasteiger partial charge is 0.390 e. The number of unbranched alkanes of at least 4 members (excludes halogenated alkanes) is 20. The number of amides is 1. The molecule has 0 aromatic heterocycles. The molecule has 37 heavy (non-hydrogen) atoms. The number of hydrogen-bond donors (Lipinski definition) is 3. The van der Waals surface area contributed by atoms with Gasteiger partial charge in [0.05, 0.1) is 6.10 Å². The molecule has 1 unspecified atom stereocenters. The zero-order chi connectivity index (χ0) is 27.2. The van der Waals surface area contributed by atoms with Gasteiger partial charge in [-0.25, -0.2) is 0 Å². The number of hydrogen-bond acceptors (Lipinski definition) is 4. The molecule has 0 bridgehead atoms. The highest BCUT2D eigenvalue weighted by molar-refractivity contribution is 5.75. The van der Waals surface area contributed by atoms with E-state index in [0.29, 0.717) is 19.5 Å². The van der Waals surface area contributed by atoms with Crippen LogP contribution in [0, 0.1) is 0 Å². The average molecular weight is 526 g/mol. The molecular formula is C32H67N3O2. The number of nitrogens with one attached hydrogen (secondary N) is 1. The molecule has 0 fully saturated rings. The Kier molecular flexibility index (Phi) is 29.4. The standard InChI is InChI=1S/C32H67N3O2/c1-3-5-7-9-11-13-15-16-18-20-22-24-27-35(30-31(36)29-33)28-25-32(37)34-26-23-21-19-17-14-12-10-8-6-4-2/h31,36H,3-30,33H2,1-2H3,(H,34,37). The minimum atomic E-state index is -0.507. The van der Waals surface area contributed by atoms with Crippen LogP contribution in [0.1, 0.15) is 162 Å². The highest BCUT2D eigenvalue weighted by Gasteiger charge is 2.12. The summed E-state index contributed by atoms with van der Waals surface area (Å²) in [6, 6.07) is 0. The third-order valence-electron chi connectivity index (χ3n) is 7.58. The molecule has 0 aliphatic carbocycles. The summed E-state index contributed by atoms with van der Waals surface area (Å²) in [4.78, 5) is 14.5. The number of carbonyl (C=O) groups is 1. The number of carbonyl (C=O) groups excluding carboxylic acids is 1. The van der Waals surface area contributed by atoms with Gasteiger partial charge < -0.3 is 21.1 Å². The predicted molar refractivity (Wildman–Crippen MR) is 162 cm³/mol. The molecule has 0 heterocycles. The molecule has 0 aliphatic heterocycles. The molecule has 4 N–H and O–H groups in total. The molecule has 0 aliphatic rings. The van der Waals surface area contributed by atoms with Gasteiger partial charge in [0.1, 0.15) is 0 Å². The Morgan fingerprint density at radius 3 is 1.49 bits per heavy atom. The lowest BCUT2D eigenvalue weighted by Gasteiger charge is -2.24. The second-order valence-electron chi connectivity index (χ2n) is 11.4. The van der Waals surface area contributed by atoms with Crippen LogP contribution in [0.5, 0.6) is 0 Å². The lowest BCUT2D eigenvalue weighted by atomic mass is 10.1. The highest BCUT2D eigenvalue weighted by Crippen LogP contribution is 2.13. The van der Waals surface area contributed by atoms with Crippen LogP contribution >= 0.6 is 0 Å². The Labute approximate surface area is 232 Å². The van der Waals surface area contributed by atoms with E-state index in [-0.39, 0.29) is 12.5 Å². The van der Waals surface area contributed by atoms with Crippen LogP contribution in [0.2, 0.25) is 0 Å². The minimum absolute atomic E-state index is 0.137. The van der Waals surface area contributed by atoms with Gasteiger partial charge in [0.2, 0.25) is 5.91 Å². The van der Waals surface area contributed by atoms with Crippen molar-refractivity contribution in [1.82, 2.24) is 10.2 Å². The SMILES string of the molecule is CCCCCCCCCCCCCCN(CCC(=O)NCCCCCCCCCCCC)CC(O)CN. The van der Waals surface area contributed by atoms with Crippen molar-refractivity contribution < 1.29 is 9.90 Å². The molecule has 5 heteroatoms. The molecule has 222 valence electrons. The van der Waals surface area contributed by atoms with Crippen molar-refractivity contribution in [3.8, 4) is 0 Å². The van der Waals surface area contributed by atoms with Crippen molar-refractivity contribution >= 4 is 5.91 Å². The smallest absolute Gasteiger partial charge is 0.221 e. The average Bonchev–Trinajstić information content (AvgIpc) is 2.90. The van der Waals surface area contributed by atoms with E-state index in [2.05, 4.69) is 24.1 Å². The van der Waals surface area contributed by atoms with E-state index in [1.165, 1.54) is 128 Å². The predicted octanol–water partition coefficient (Wildman–Crippen LogP) is 7.74. The fourth-order valence-corrected chi connectivity index (χ4v) is 5.03. The number of aliphatic hydroxyl groups excluding tert-OH is 1. The van der Waals surface area contributed by atoms with Crippen molar-refractivity contribution in [2.45, 2.75) is 168 Å². The molecule has 5 nitrogen and oxygen atoms in total. The van der Waals surface area contributed by atoms with E-state index < -0.39 is 6.10 Å². The fraction of sp³-hybridized carbons (Fsp3) is 0.969. The number of nitrogens with zero attached hydrogens (tertiary/aromatic N) is 1. The van der Waals surface area contributed by atoms with Gasteiger partial charge in [0.25, 0.3) is 0 Å². The second-order valence-corrected chi connectivity index (χ2v) is 11.4. The maximum Gasteiger partial charge on any atom is 0.221 e. The quantitative estimate of drug-likeness (QED) is 0.0838. The Morgan fingerprint density at radius 1 is 0.649 bits per heavy atom. The highest BCUT2D eigenvalue weighted by atomic mass is 16.3. The van der Waals surface area contributed by atoms with Gasteiger partial charge in [-0.2, -0.15) is 0 Å². The first-order valence-electron chi connectivity index (χ1n) is 16.5. The van der Waals surface area contributed by atoms with Gasteiger partial charge in [-0.3, -0.25) is 4.79 Å². The molecule has 0 aromatic rings. The van der Waals surface area contributed by atoms with Crippen molar-refractivity contribution in [2.24, 2.45) is 5.73 Å². The van der Waals surface area contributed by atoms with Crippen LogP contribution < -0.4 is 11.1 Å². The Balaban J connectivity index is 3.76. The zero-order valence-electron chi connectivity index (χ0n) is 25.3. The van der Waals surface area contributed by atoms with Crippen molar-refractivity contribution in [2.75, 3.05) is 32.7 Å². The van der Waals surface area contributed by atoms with Crippen molar-refractivity contribution in [1.29, 1.82) is 0 Å². The van der Waals surface area contributed by atoms with E-state index in [1.54, 1.807) is 0 Å². The molecule has 0 saturated heterocycles.